The van der Waals surface area contributed by atoms with Crippen LogP contribution in [0.25, 0.3) is 5.69 Å². The summed E-state index contributed by atoms with van der Waals surface area (Å²) in [6.07, 6.45) is 4.33. The molecule has 2 aromatic carbocycles. The van der Waals surface area contributed by atoms with Crippen molar-refractivity contribution < 1.29 is 14.6 Å². The van der Waals surface area contributed by atoms with Crippen molar-refractivity contribution in [2.24, 2.45) is 0 Å². The quantitative estimate of drug-likeness (QED) is 0.551. The van der Waals surface area contributed by atoms with Crippen molar-refractivity contribution in [3.8, 4) is 17.2 Å². The van der Waals surface area contributed by atoms with Crippen LogP contribution in [-0.4, -0.2) is 35.7 Å². The van der Waals surface area contributed by atoms with E-state index in [4.69, 9.17) is 14.6 Å². The lowest BCUT2D eigenvalue weighted by molar-refractivity contribution is 0.299. The Labute approximate surface area is 163 Å². The van der Waals surface area contributed by atoms with Gasteiger partial charge in [-0.1, -0.05) is 18.2 Å². The van der Waals surface area contributed by atoms with Gasteiger partial charge < -0.3 is 14.6 Å². The van der Waals surface area contributed by atoms with Gasteiger partial charge in [0, 0.05) is 35.9 Å². The Morgan fingerprint density at radius 2 is 2.00 bits per heavy atom. The molecule has 3 aromatic rings. The number of hydrogen-bond acceptors (Lipinski definition) is 6. The van der Waals surface area contributed by atoms with Gasteiger partial charge in [-0.15, -0.1) is 0 Å². The highest BCUT2D eigenvalue weighted by Gasteiger charge is 2.09. The molecule has 2 N–H and O–H groups in total. The van der Waals surface area contributed by atoms with Crippen molar-refractivity contribution in [3.63, 3.8) is 0 Å². The lowest BCUT2D eigenvalue weighted by atomic mass is 10.2. The molecule has 0 amide bonds. The van der Waals surface area contributed by atoms with Crippen molar-refractivity contribution in [2.45, 2.75) is 17.9 Å². The predicted octanol–water partition coefficient (Wildman–Crippen LogP) is 3.22. The number of nitrogens with one attached hydrogen (secondary N) is 1. The van der Waals surface area contributed by atoms with Crippen LogP contribution in [-0.2, 0) is 13.0 Å². The van der Waals surface area contributed by atoms with Crippen LogP contribution in [0.3, 0.4) is 0 Å². The van der Waals surface area contributed by atoms with Gasteiger partial charge in [-0.2, -0.15) is 5.10 Å². The van der Waals surface area contributed by atoms with Gasteiger partial charge in [-0.05, 0) is 42.1 Å². The zero-order valence-electron chi connectivity index (χ0n) is 15.4. The molecule has 0 aliphatic heterocycles. The normalized spacial score (nSPS) is 10.8. The lowest BCUT2D eigenvalue weighted by Crippen LogP contribution is -2.06. The SMILES string of the molecule is COc1ccc(CNSc2ccccc2-n2cc(CCO)cn2)c(OC)c1. The molecule has 0 saturated heterocycles. The number of methoxy groups -OCH3 is 2. The van der Waals surface area contributed by atoms with Crippen molar-refractivity contribution in [2.75, 3.05) is 20.8 Å². The van der Waals surface area contributed by atoms with Crippen LogP contribution in [0.4, 0.5) is 0 Å². The third-order valence-corrected chi connectivity index (χ3v) is 4.94. The minimum absolute atomic E-state index is 0.118. The maximum atomic E-state index is 9.08. The van der Waals surface area contributed by atoms with Crippen molar-refractivity contribution in [1.82, 2.24) is 14.5 Å². The van der Waals surface area contributed by atoms with Crippen LogP contribution in [0.15, 0.2) is 59.8 Å². The first kappa shape index (κ1) is 19.3. The summed E-state index contributed by atoms with van der Waals surface area (Å²) in [6, 6.07) is 13.8. The maximum absolute atomic E-state index is 9.08. The summed E-state index contributed by atoms with van der Waals surface area (Å²) < 4.78 is 15.9. The number of benzene rings is 2. The van der Waals surface area contributed by atoms with E-state index in [0.29, 0.717) is 13.0 Å². The largest absolute Gasteiger partial charge is 0.497 e. The van der Waals surface area contributed by atoms with Gasteiger partial charge >= 0.3 is 0 Å². The van der Waals surface area contributed by atoms with Gasteiger partial charge in [0.25, 0.3) is 0 Å². The number of aliphatic hydroxyl groups is 1. The molecule has 1 aromatic heterocycles. The molecule has 0 atom stereocenters. The third kappa shape index (κ3) is 4.82. The molecule has 0 spiro atoms. The van der Waals surface area contributed by atoms with Crippen molar-refractivity contribution >= 4 is 11.9 Å². The highest BCUT2D eigenvalue weighted by Crippen LogP contribution is 2.27. The summed E-state index contributed by atoms with van der Waals surface area (Å²) in [7, 11) is 3.29. The molecule has 1 heterocycles. The molecule has 3 rings (SSSR count). The number of ether oxygens (including phenoxy) is 2. The van der Waals surface area contributed by atoms with E-state index in [-0.39, 0.29) is 6.61 Å². The summed E-state index contributed by atoms with van der Waals surface area (Å²) in [5.41, 5.74) is 3.04. The molecule has 0 fully saturated rings. The first-order chi connectivity index (χ1) is 13.2. The second kappa shape index (κ2) is 9.45. The zero-order valence-corrected chi connectivity index (χ0v) is 16.2. The Hall–Kier alpha value is -2.48. The maximum Gasteiger partial charge on any atom is 0.127 e. The van der Waals surface area contributed by atoms with E-state index in [9.17, 15) is 0 Å². The molecule has 6 nitrogen and oxygen atoms in total. The Morgan fingerprint density at radius 3 is 2.78 bits per heavy atom. The summed E-state index contributed by atoms with van der Waals surface area (Å²) in [4.78, 5) is 1.06. The van der Waals surface area contributed by atoms with Gasteiger partial charge in [0.15, 0.2) is 0 Å². The summed E-state index contributed by atoms with van der Waals surface area (Å²) in [5.74, 6) is 1.56. The number of aliphatic hydroxyl groups excluding tert-OH is 1. The minimum atomic E-state index is 0.118. The molecule has 0 aliphatic rings. The predicted molar refractivity (Wildman–Crippen MR) is 107 cm³/mol. The Balaban J connectivity index is 1.70. The first-order valence-corrected chi connectivity index (χ1v) is 9.41. The van der Waals surface area contributed by atoms with E-state index in [1.807, 2.05) is 53.3 Å². The molecular weight excluding hydrogens is 362 g/mol. The standard InChI is InChI=1S/C20H23N3O3S/c1-25-17-8-7-16(19(11-17)26-2)13-22-27-20-6-4-3-5-18(20)23-14-15(9-10-24)12-21-23/h3-8,11-12,14,22,24H,9-10,13H2,1-2H3. The Kier molecular flexibility index (Phi) is 6.75. The summed E-state index contributed by atoms with van der Waals surface area (Å²) >= 11 is 1.54. The summed E-state index contributed by atoms with van der Waals surface area (Å²) in [5, 5.41) is 13.5. The van der Waals surface area contributed by atoms with Crippen LogP contribution in [0.2, 0.25) is 0 Å². The minimum Gasteiger partial charge on any atom is -0.497 e. The van der Waals surface area contributed by atoms with Gasteiger partial charge in [-0.25, -0.2) is 4.68 Å². The van der Waals surface area contributed by atoms with Crippen LogP contribution >= 0.6 is 11.9 Å². The molecule has 142 valence electrons. The number of rotatable bonds is 9. The molecule has 0 radical (unpaired) electrons. The van der Waals surface area contributed by atoms with Gasteiger partial charge in [0.05, 0.1) is 26.1 Å². The van der Waals surface area contributed by atoms with E-state index < -0.39 is 0 Å². The van der Waals surface area contributed by atoms with Crippen LogP contribution in [0, 0.1) is 0 Å². The molecule has 0 aliphatic carbocycles. The Morgan fingerprint density at radius 1 is 1.15 bits per heavy atom. The fraction of sp³-hybridized carbons (Fsp3) is 0.250. The average molecular weight is 385 g/mol. The van der Waals surface area contributed by atoms with Gasteiger partial charge in [0.1, 0.15) is 11.5 Å². The fourth-order valence-corrected chi connectivity index (χ4v) is 3.47. The molecule has 0 unspecified atom stereocenters. The highest BCUT2D eigenvalue weighted by molar-refractivity contribution is 7.97. The van der Waals surface area contributed by atoms with Crippen LogP contribution in [0.5, 0.6) is 11.5 Å². The van der Waals surface area contributed by atoms with E-state index in [1.165, 1.54) is 0 Å². The fourth-order valence-electron chi connectivity index (χ4n) is 2.67. The van der Waals surface area contributed by atoms with E-state index in [1.54, 1.807) is 32.4 Å². The number of aromatic nitrogens is 2. The number of para-hydroxylation sites is 1. The van der Waals surface area contributed by atoms with Gasteiger partial charge in [0.2, 0.25) is 0 Å². The molecule has 7 heteroatoms. The first-order valence-electron chi connectivity index (χ1n) is 8.59. The highest BCUT2D eigenvalue weighted by atomic mass is 32.2. The van der Waals surface area contributed by atoms with E-state index in [0.717, 1.165) is 33.2 Å². The second-order valence-electron chi connectivity index (χ2n) is 5.84. The van der Waals surface area contributed by atoms with Crippen molar-refractivity contribution in [1.29, 1.82) is 0 Å². The number of hydrogen-bond donors (Lipinski definition) is 2. The third-order valence-electron chi connectivity index (χ3n) is 4.09. The van der Waals surface area contributed by atoms with E-state index in [2.05, 4.69) is 9.82 Å². The summed E-state index contributed by atoms with van der Waals surface area (Å²) in [6.45, 7) is 0.758. The molecule has 0 saturated carbocycles. The molecular formula is C20H23N3O3S. The Bertz CT molecular complexity index is 882. The monoisotopic (exact) mass is 385 g/mol. The lowest BCUT2D eigenvalue weighted by Gasteiger charge is -2.12. The van der Waals surface area contributed by atoms with E-state index >= 15 is 0 Å². The molecule has 0 bridgehead atoms. The van der Waals surface area contributed by atoms with Crippen LogP contribution < -0.4 is 14.2 Å². The second-order valence-corrected chi connectivity index (χ2v) is 6.77. The van der Waals surface area contributed by atoms with Crippen LogP contribution in [0.1, 0.15) is 11.1 Å². The average Bonchev–Trinajstić information content (AvgIpc) is 3.17. The zero-order chi connectivity index (χ0) is 19.1. The molecule has 27 heavy (non-hydrogen) atoms. The van der Waals surface area contributed by atoms with Crippen molar-refractivity contribution in [3.05, 3.63) is 66.0 Å². The topological polar surface area (TPSA) is 68.5 Å². The van der Waals surface area contributed by atoms with Gasteiger partial charge in [-0.3, -0.25) is 4.72 Å². The smallest absolute Gasteiger partial charge is 0.127 e. The number of nitrogens with zero attached hydrogens (tertiary/aromatic N) is 2.